The molecule has 0 spiro atoms. The van der Waals surface area contributed by atoms with E-state index in [9.17, 15) is 14.4 Å². The highest BCUT2D eigenvalue weighted by Crippen LogP contribution is 2.37. The summed E-state index contributed by atoms with van der Waals surface area (Å²) in [5, 5.41) is 0. The topological polar surface area (TPSA) is 71.8 Å². The molecular formula is C26H37N3O4. The molecule has 2 bridgehead atoms. The lowest BCUT2D eigenvalue weighted by Crippen LogP contribution is -2.50. The number of aromatic nitrogens is 1. The lowest BCUT2D eigenvalue weighted by molar-refractivity contribution is -0.144. The van der Waals surface area contributed by atoms with Crippen LogP contribution >= 0.6 is 0 Å². The Labute approximate surface area is 196 Å². The molecule has 3 aliphatic heterocycles. The molecule has 1 aliphatic carbocycles. The van der Waals surface area contributed by atoms with E-state index in [-0.39, 0.29) is 23.4 Å². The van der Waals surface area contributed by atoms with Gasteiger partial charge >= 0.3 is 5.97 Å². The van der Waals surface area contributed by atoms with E-state index in [4.69, 9.17) is 4.74 Å². The first kappa shape index (κ1) is 22.6. The molecule has 1 amide bonds. The number of hydrogen-bond donors (Lipinski definition) is 0. The molecule has 7 heteroatoms. The van der Waals surface area contributed by atoms with Crippen LogP contribution in [-0.4, -0.2) is 66.1 Å². The monoisotopic (exact) mass is 455 g/mol. The van der Waals surface area contributed by atoms with Gasteiger partial charge in [-0.05, 0) is 62.5 Å². The van der Waals surface area contributed by atoms with E-state index in [1.54, 1.807) is 6.07 Å². The second-order valence-electron chi connectivity index (χ2n) is 10.7. The van der Waals surface area contributed by atoms with E-state index in [1.807, 2.05) is 10.6 Å². The molecule has 180 valence electrons. The van der Waals surface area contributed by atoms with Crippen molar-refractivity contribution in [3.05, 3.63) is 34.2 Å². The number of piperidine rings is 2. The van der Waals surface area contributed by atoms with Crippen LogP contribution in [0.4, 0.5) is 0 Å². The average molecular weight is 456 g/mol. The number of likely N-dealkylation sites (tertiary alicyclic amines) is 2. The maximum absolute atomic E-state index is 12.9. The summed E-state index contributed by atoms with van der Waals surface area (Å²) in [6.07, 6.45) is 6.74. The first-order valence-corrected chi connectivity index (χ1v) is 12.8. The van der Waals surface area contributed by atoms with Gasteiger partial charge in [-0.2, -0.15) is 0 Å². The van der Waals surface area contributed by atoms with Crippen LogP contribution < -0.4 is 5.56 Å². The second-order valence-corrected chi connectivity index (χ2v) is 10.7. The molecule has 4 heterocycles. The molecule has 7 nitrogen and oxygen atoms in total. The van der Waals surface area contributed by atoms with Crippen molar-refractivity contribution >= 4 is 11.9 Å². The molecule has 0 radical (unpaired) electrons. The second kappa shape index (κ2) is 9.61. The number of carbonyl (C=O) groups is 2. The van der Waals surface area contributed by atoms with E-state index >= 15 is 0 Å². The smallest absolute Gasteiger partial charge is 0.305 e. The molecular weight excluding hydrogens is 418 g/mol. The fourth-order valence-electron chi connectivity index (χ4n) is 6.61. The van der Waals surface area contributed by atoms with E-state index in [0.29, 0.717) is 30.1 Å². The quantitative estimate of drug-likeness (QED) is 0.617. The first-order valence-electron chi connectivity index (χ1n) is 12.8. The summed E-state index contributed by atoms with van der Waals surface area (Å²) >= 11 is 0. The minimum absolute atomic E-state index is 0.125. The van der Waals surface area contributed by atoms with E-state index in [0.717, 1.165) is 71.4 Å². The number of ether oxygens (including phenoxy) is 1. The van der Waals surface area contributed by atoms with Crippen LogP contribution in [-0.2, 0) is 20.9 Å². The maximum atomic E-state index is 12.9. The van der Waals surface area contributed by atoms with Gasteiger partial charge in [0.05, 0.1) is 7.11 Å². The summed E-state index contributed by atoms with van der Waals surface area (Å²) in [5.41, 5.74) is 1.31. The number of hydrogen-bond acceptors (Lipinski definition) is 5. The van der Waals surface area contributed by atoms with Gasteiger partial charge in [-0.3, -0.25) is 14.4 Å². The van der Waals surface area contributed by atoms with Gasteiger partial charge < -0.3 is 19.1 Å². The van der Waals surface area contributed by atoms with Crippen molar-refractivity contribution in [1.29, 1.82) is 0 Å². The minimum atomic E-state index is -0.140. The van der Waals surface area contributed by atoms with Gasteiger partial charge in [0, 0.05) is 62.7 Å². The highest BCUT2D eigenvalue weighted by molar-refractivity contribution is 5.79. The normalized spacial score (nSPS) is 29.8. The average Bonchev–Trinajstić information content (AvgIpc) is 2.77. The van der Waals surface area contributed by atoms with Gasteiger partial charge in [-0.15, -0.1) is 0 Å². The highest BCUT2D eigenvalue weighted by Gasteiger charge is 2.38. The van der Waals surface area contributed by atoms with Crippen LogP contribution in [0.3, 0.4) is 0 Å². The Morgan fingerprint density at radius 1 is 1.06 bits per heavy atom. The Morgan fingerprint density at radius 2 is 1.91 bits per heavy atom. The molecule has 33 heavy (non-hydrogen) atoms. The van der Waals surface area contributed by atoms with E-state index < -0.39 is 0 Å². The maximum Gasteiger partial charge on any atom is 0.305 e. The summed E-state index contributed by atoms with van der Waals surface area (Å²) in [6, 6.07) is 5.67. The number of pyridine rings is 1. The number of nitrogens with zero attached hydrogens (tertiary/aromatic N) is 3. The van der Waals surface area contributed by atoms with Gasteiger partial charge in [0.1, 0.15) is 0 Å². The largest absolute Gasteiger partial charge is 0.469 e. The van der Waals surface area contributed by atoms with Gasteiger partial charge in [-0.1, -0.05) is 12.5 Å². The standard InChI is InChI=1S/C26H37N3O4/c1-33-25(31)13-20-9-11-28(26(32)19-4-2-5-19)17-21(20)8-10-27-14-18-12-22(16-27)23-6-3-7-24(30)29(23)15-18/h3,6-7,18-22H,2,4-5,8-17H2,1H3/t18-,20-,21-,22+/m0/s1. The molecule has 4 atom stereocenters. The zero-order chi connectivity index (χ0) is 22.9. The van der Waals surface area contributed by atoms with Crippen molar-refractivity contribution in [2.45, 2.75) is 57.4 Å². The lowest BCUT2D eigenvalue weighted by atomic mass is 9.78. The van der Waals surface area contributed by atoms with Gasteiger partial charge in [0.15, 0.2) is 0 Å². The molecule has 1 aromatic heterocycles. The fourth-order valence-corrected chi connectivity index (χ4v) is 6.61. The molecule has 3 fully saturated rings. The molecule has 0 unspecified atom stereocenters. The Morgan fingerprint density at radius 3 is 2.67 bits per heavy atom. The Balaban J connectivity index is 1.23. The fraction of sp³-hybridized carbons (Fsp3) is 0.731. The Bertz CT molecular complexity index is 940. The van der Waals surface area contributed by atoms with Crippen molar-refractivity contribution in [1.82, 2.24) is 14.4 Å². The first-order chi connectivity index (χ1) is 16.0. The Hall–Kier alpha value is -2.15. The summed E-state index contributed by atoms with van der Waals surface area (Å²) in [7, 11) is 1.46. The predicted octanol–water partition coefficient (Wildman–Crippen LogP) is 2.49. The number of carbonyl (C=O) groups excluding carboxylic acids is 2. The third kappa shape index (κ3) is 4.75. The van der Waals surface area contributed by atoms with Gasteiger partial charge in [0.2, 0.25) is 5.91 Å². The predicted molar refractivity (Wildman–Crippen MR) is 125 cm³/mol. The van der Waals surface area contributed by atoms with Crippen molar-refractivity contribution in [2.75, 3.05) is 39.8 Å². The third-order valence-electron chi connectivity index (χ3n) is 8.69. The van der Waals surface area contributed by atoms with Crippen molar-refractivity contribution in [3.63, 3.8) is 0 Å². The summed E-state index contributed by atoms with van der Waals surface area (Å²) in [6.45, 7) is 5.36. The number of amides is 1. The molecule has 0 aromatic carbocycles. The van der Waals surface area contributed by atoms with Crippen LogP contribution in [0.5, 0.6) is 0 Å². The molecule has 1 aromatic rings. The van der Waals surface area contributed by atoms with Crippen molar-refractivity contribution in [2.24, 2.45) is 23.7 Å². The minimum Gasteiger partial charge on any atom is -0.469 e. The number of methoxy groups -OCH3 is 1. The van der Waals surface area contributed by atoms with Crippen LogP contribution in [0.2, 0.25) is 0 Å². The highest BCUT2D eigenvalue weighted by atomic mass is 16.5. The number of fused-ring (bicyclic) bond motifs is 4. The van der Waals surface area contributed by atoms with Crippen LogP contribution in [0.25, 0.3) is 0 Å². The third-order valence-corrected chi connectivity index (χ3v) is 8.69. The van der Waals surface area contributed by atoms with Crippen LogP contribution in [0.1, 0.15) is 56.6 Å². The molecule has 2 saturated heterocycles. The molecule has 0 N–H and O–H groups in total. The Kier molecular flexibility index (Phi) is 6.59. The van der Waals surface area contributed by atoms with Gasteiger partial charge in [-0.25, -0.2) is 0 Å². The van der Waals surface area contributed by atoms with E-state index in [1.165, 1.54) is 19.2 Å². The van der Waals surface area contributed by atoms with Crippen LogP contribution in [0.15, 0.2) is 23.0 Å². The van der Waals surface area contributed by atoms with Crippen molar-refractivity contribution in [3.8, 4) is 0 Å². The van der Waals surface area contributed by atoms with E-state index in [2.05, 4.69) is 15.9 Å². The zero-order valence-corrected chi connectivity index (χ0v) is 19.8. The molecule has 4 aliphatic rings. The summed E-state index contributed by atoms with van der Waals surface area (Å²) < 4.78 is 6.95. The lowest BCUT2D eigenvalue weighted by Gasteiger charge is -2.44. The summed E-state index contributed by atoms with van der Waals surface area (Å²) in [5.74, 6) is 1.97. The SMILES string of the molecule is COC(=O)C[C@@H]1CCN(C(=O)C2CCC2)C[C@@H]1CCN1C[C@@H]2C[C@H](C1)c1cccc(=O)n1C2. The van der Waals surface area contributed by atoms with Gasteiger partial charge in [0.25, 0.3) is 5.56 Å². The van der Waals surface area contributed by atoms with Crippen LogP contribution in [0, 0.1) is 23.7 Å². The molecule has 5 rings (SSSR count). The molecule has 1 saturated carbocycles. The summed E-state index contributed by atoms with van der Waals surface area (Å²) in [4.78, 5) is 41.9. The zero-order valence-electron chi connectivity index (χ0n) is 19.8. The van der Waals surface area contributed by atoms with Crippen molar-refractivity contribution < 1.29 is 14.3 Å². The number of esters is 1. The number of rotatable bonds is 6.